The SMILES string of the molecule is C=C(CNC1CC1)CN(CCC(C)C)C1CCCC1. The molecule has 0 amide bonds. The Hall–Kier alpha value is -0.340. The van der Waals surface area contributed by atoms with E-state index in [4.69, 9.17) is 0 Å². The zero-order chi connectivity index (χ0) is 13.7. The summed E-state index contributed by atoms with van der Waals surface area (Å²) < 4.78 is 0. The van der Waals surface area contributed by atoms with Crippen molar-refractivity contribution in [2.45, 2.75) is 70.9 Å². The maximum Gasteiger partial charge on any atom is 0.0205 e. The first-order chi connectivity index (χ1) is 9.15. The molecule has 1 N–H and O–H groups in total. The molecule has 0 spiro atoms. The van der Waals surface area contributed by atoms with Gasteiger partial charge in [0.05, 0.1) is 0 Å². The molecular formula is C17H32N2. The van der Waals surface area contributed by atoms with Crippen LogP contribution in [0.5, 0.6) is 0 Å². The minimum atomic E-state index is 0.798. The smallest absolute Gasteiger partial charge is 0.0205 e. The van der Waals surface area contributed by atoms with Crippen molar-refractivity contribution in [3.63, 3.8) is 0 Å². The summed E-state index contributed by atoms with van der Waals surface area (Å²) in [6.45, 7) is 12.3. The molecule has 2 aliphatic rings. The van der Waals surface area contributed by atoms with Gasteiger partial charge in [-0.3, -0.25) is 4.90 Å². The van der Waals surface area contributed by atoms with Gasteiger partial charge in [-0.2, -0.15) is 0 Å². The van der Waals surface area contributed by atoms with Gasteiger partial charge in [-0.05, 0) is 50.1 Å². The Morgan fingerprint density at radius 1 is 1.21 bits per heavy atom. The number of nitrogens with zero attached hydrogens (tertiary/aromatic N) is 1. The molecule has 0 radical (unpaired) electrons. The molecule has 2 heteroatoms. The average Bonchev–Trinajstić information content (AvgIpc) is 3.04. The lowest BCUT2D eigenvalue weighted by atomic mass is 10.1. The van der Waals surface area contributed by atoms with Crippen molar-refractivity contribution in [3.05, 3.63) is 12.2 Å². The van der Waals surface area contributed by atoms with Crippen molar-refractivity contribution in [2.75, 3.05) is 19.6 Å². The van der Waals surface area contributed by atoms with Crippen molar-refractivity contribution in [1.29, 1.82) is 0 Å². The highest BCUT2D eigenvalue weighted by Gasteiger charge is 2.24. The lowest BCUT2D eigenvalue weighted by molar-refractivity contribution is 0.203. The molecule has 2 nitrogen and oxygen atoms in total. The highest BCUT2D eigenvalue weighted by Crippen LogP contribution is 2.25. The van der Waals surface area contributed by atoms with Crippen molar-refractivity contribution in [2.24, 2.45) is 5.92 Å². The van der Waals surface area contributed by atoms with Gasteiger partial charge in [0, 0.05) is 25.2 Å². The zero-order valence-corrected chi connectivity index (χ0v) is 13.0. The van der Waals surface area contributed by atoms with E-state index >= 15 is 0 Å². The topological polar surface area (TPSA) is 15.3 Å². The molecule has 2 saturated carbocycles. The minimum absolute atomic E-state index is 0.798. The van der Waals surface area contributed by atoms with Crippen molar-refractivity contribution < 1.29 is 0 Å². The van der Waals surface area contributed by atoms with Crippen LogP contribution in [0.15, 0.2) is 12.2 Å². The van der Waals surface area contributed by atoms with Crippen molar-refractivity contribution >= 4 is 0 Å². The number of hydrogen-bond acceptors (Lipinski definition) is 2. The summed E-state index contributed by atoms with van der Waals surface area (Å²) in [6.07, 6.45) is 9.72. The van der Waals surface area contributed by atoms with E-state index in [1.54, 1.807) is 0 Å². The second kappa shape index (κ2) is 7.44. The Bertz CT molecular complexity index is 275. The van der Waals surface area contributed by atoms with E-state index in [9.17, 15) is 0 Å². The summed E-state index contributed by atoms with van der Waals surface area (Å²) in [5, 5.41) is 3.59. The van der Waals surface area contributed by atoms with Crippen LogP contribution in [0.1, 0.15) is 58.8 Å². The number of hydrogen-bond donors (Lipinski definition) is 1. The largest absolute Gasteiger partial charge is 0.310 e. The molecule has 0 atom stereocenters. The van der Waals surface area contributed by atoms with E-state index in [2.05, 4.69) is 30.6 Å². The van der Waals surface area contributed by atoms with Crippen LogP contribution in [0.3, 0.4) is 0 Å². The standard InChI is InChI=1S/C17H32N2/c1-14(2)10-11-19(17-6-4-5-7-17)13-15(3)12-18-16-8-9-16/h14,16-18H,3-13H2,1-2H3. The molecule has 110 valence electrons. The Labute approximate surface area is 119 Å². The molecule has 2 rings (SSSR count). The van der Waals surface area contributed by atoms with Crippen LogP contribution in [-0.2, 0) is 0 Å². The Balaban J connectivity index is 1.75. The van der Waals surface area contributed by atoms with E-state index in [1.807, 2.05) is 0 Å². The van der Waals surface area contributed by atoms with E-state index < -0.39 is 0 Å². The summed E-state index contributed by atoms with van der Waals surface area (Å²) in [5.74, 6) is 0.807. The van der Waals surface area contributed by atoms with Crippen LogP contribution in [-0.4, -0.2) is 36.6 Å². The van der Waals surface area contributed by atoms with Gasteiger partial charge in [-0.1, -0.05) is 33.3 Å². The normalized spacial score (nSPS) is 20.6. The van der Waals surface area contributed by atoms with Crippen LogP contribution >= 0.6 is 0 Å². The molecule has 0 bridgehead atoms. The fourth-order valence-electron chi connectivity index (χ4n) is 3.00. The molecular weight excluding hydrogens is 232 g/mol. The summed E-state index contributed by atoms with van der Waals surface area (Å²) in [4.78, 5) is 2.71. The second-order valence-corrected chi connectivity index (χ2v) is 7.00. The first-order valence-electron chi connectivity index (χ1n) is 8.29. The second-order valence-electron chi connectivity index (χ2n) is 7.00. The maximum absolute atomic E-state index is 4.29. The third-order valence-corrected chi connectivity index (χ3v) is 4.48. The van der Waals surface area contributed by atoms with Crippen LogP contribution < -0.4 is 5.32 Å². The summed E-state index contributed by atoms with van der Waals surface area (Å²) >= 11 is 0. The predicted molar refractivity (Wildman–Crippen MR) is 83.4 cm³/mol. The first-order valence-corrected chi connectivity index (χ1v) is 8.29. The van der Waals surface area contributed by atoms with Crippen LogP contribution in [0.4, 0.5) is 0 Å². The third kappa shape index (κ3) is 5.66. The summed E-state index contributed by atoms with van der Waals surface area (Å²) in [7, 11) is 0. The molecule has 0 aliphatic heterocycles. The number of nitrogens with one attached hydrogen (secondary N) is 1. The first kappa shape index (κ1) is 15.1. The van der Waals surface area contributed by atoms with Crippen molar-refractivity contribution in [1.82, 2.24) is 10.2 Å². The van der Waals surface area contributed by atoms with Gasteiger partial charge in [-0.25, -0.2) is 0 Å². The molecule has 19 heavy (non-hydrogen) atoms. The highest BCUT2D eigenvalue weighted by atomic mass is 15.2. The third-order valence-electron chi connectivity index (χ3n) is 4.48. The van der Waals surface area contributed by atoms with Gasteiger partial charge in [0.1, 0.15) is 0 Å². The summed E-state index contributed by atoms with van der Waals surface area (Å²) in [6, 6.07) is 1.63. The van der Waals surface area contributed by atoms with Crippen LogP contribution in [0, 0.1) is 5.92 Å². The summed E-state index contributed by atoms with van der Waals surface area (Å²) in [5.41, 5.74) is 1.38. The lowest BCUT2D eigenvalue weighted by Gasteiger charge is -2.30. The number of rotatable bonds is 9. The monoisotopic (exact) mass is 264 g/mol. The molecule has 0 aromatic heterocycles. The Kier molecular flexibility index (Phi) is 5.90. The van der Waals surface area contributed by atoms with Gasteiger partial charge in [-0.15, -0.1) is 0 Å². The molecule has 2 aliphatic carbocycles. The van der Waals surface area contributed by atoms with Gasteiger partial charge in [0.25, 0.3) is 0 Å². The zero-order valence-electron chi connectivity index (χ0n) is 13.0. The van der Waals surface area contributed by atoms with Crippen molar-refractivity contribution in [3.8, 4) is 0 Å². The maximum atomic E-state index is 4.29. The van der Waals surface area contributed by atoms with E-state index in [1.165, 1.54) is 57.1 Å². The molecule has 0 unspecified atom stereocenters. The predicted octanol–water partition coefficient (Wildman–Crippen LogP) is 3.59. The lowest BCUT2D eigenvalue weighted by Crippen LogP contribution is -2.37. The Morgan fingerprint density at radius 2 is 1.89 bits per heavy atom. The highest BCUT2D eigenvalue weighted by molar-refractivity contribution is 5.03. The molecule has 2 fully saturated rings. The van der Waals surface area contributed by atoms with Gasteiger partial charge < -0.3 is 5.32 Å². The fourth-order valence-corrected chi connectivity index (χ4v) is 3.00. The Morgan fingerprint density at radius 3 is 2.47 bits per heavy atom. The fraction of sp³-hybridized carbons (Fsp3) is 0.882. The van der Waals surface area contributed by atoms with Gasteiger partial charge in [0.15, 0.2) is 0 Å². The van der Waals surface area contributed by atoms with Crippen LogP contribution in [0.25, 0.3) is 0 Å². The van der Waals surface area contributed by atoms with Gasteiger partial charge >= 0.3 is 0 Å². The molecule has 0 heterocycles. The average molecular weight is 264 g/mol. The van der Waals surface area contributed by atoms with Crippen LogP contribution in [0.2, 0.25) is 0 Å². The van der Waals surface area contributed by atoms with E-state index in [0.29, 0.717) is 0 Å². The molecule has 0 saturated heterocycles. The van der Waals surface area contributed by atoms with Gasteiger partial charge in [0.2, 0.25) is 0 Å². The molecule has 0 aromatic rings. The quantitative estimate of drug-likeness (QED) is 0.640. The van der Waals surface area contributed by atoms with E-state index in [-0.39, 0.29) is 0 Å². The molecule has 0 aromatic carbocycles. The minimum Gasteiger partial charge on any atom is -0.310 e. The van der Waals surface area contributed by atoms with E-state index in [0.717, 1.165) is 31.1 Å².